The zero-order chi connectivity index (χ0) is 23.0. The first kappa shape index (κ1) is 26.6. The van der Waals surface area contributed by atoms with Gasteiger partial charge in [-0.2, -0.15) is 0 Å². The van der Waals surface area contributed by atoms with Crippen molar-refractivity contribution in [3.05, 3.63) is 20.9 Å². The van der Waals surface area contributed by atoms with E-state index < -0.39 is 11.4 Å². The summed E-state index contributed by atoms with van der Waals surface area (Å²) in [6.07, 6.45) is 12.8. The number of carbonyl (C=O) groups excluding carboxylic acids is 1. The second-order valence-corrected chi connectivity index (χ2v) is 8.59. The van der Waals surface area contributed by atoms with Crippen molar-refractivity contribution in [2.75, 3.05) is 20.2 Å². The van der Waals surface area contributed by atoms with Crippen LogP contribution in [0.5, 0.6) is 0 Å². The highest BCUT2D eigenvalue weighted by atomic mass is 16.5. The van der Waals surface area contributed by atoms with E-state index in [9.17, 15) is 14.7 Å². The number of carboxylic acid groups (broad SMARTS) is 1. The molecule has 0 aromatic rings. The molecule has 2 aliphatic rings. The first-order valence-electron chi connectivity index (χ1n) is 11.3. The van der Waals surface area contributed by atoms with Crippen LogP contribution in [-0.2, 0) is 14.3 Å². The molecule has 0 amide bonds. The SMILES string of the molecule is COC(=O)C1(CCCCN=[N+]=[N-])CCCC1.[N-]=[N+]=NCCCCC1(C(=O)O)CCCC1. The highest BCUT2D eigenvalue weighted by Crippen LogP contribution is 2.43. The maximum Gasteiger partial charge on any atom is 0.311 e. The van der Waals surface area contributed by atoms with Crippen LogP contribution in [0, 0.1) is 10.8 Å². The second kappa shape index (κ2) is 14.5. The minimum Gasteiger partial charge on any atom is -0.481 e. The van der Waals surface area contributed by atoms with E-state index in [1.165, 1.54) is 7.11 Å². The Bertz CT molecular complexity index is 659. The molecule has 0 radical (unpaired) electrons. The van der Waals surface area contributed by atoms with Crippen molar-refractivity contribution in [1.82, 2.24) is 0 Å². The number of nitrogens with zero attached hydrogens (tertiary/aromatic N) is 6. The lowest BCUT2D eigenvalue weighted by Gasteiger charge is -2.25. The minimum absolute atomic E-state index is 0.0613. The van der Waals surface area contributed by atoms with Gasteiger partial charge in [0.05, 0.1) is 17.9 Å². The smallest absolute Gasteiger partial charge is 0.311 e. The molecule has 2 saturated carbocycles. The van der Waals surface area contributed by atoms with E-state index in [0.717, 1.165) is 89.9 Å². The van der Waals surface area contributed by atoms with Crippen molar-refractivity contribution in [3.63, 3.8) is 0 Å². The molecule has 2 aliphatic carbocycles. The largest absolute Gasteiger partial charge is 0.481 e. The van der Waals surface area contributed by atoms with Crippen molar-refractivity contribution < 1.29 is 19.4 Å². The summed E-state index contributed by atoms with van der Waals surface area (Å²) in [4.78, 5) is 28.3. The maximum absolute atomic E-state index is 11.8. The quantitative estimate of drug-likeness (QED) is 0.125. The standard InChI is InChI=1S/C11H19N3O2.C10H17N3O2/c1-16-10(15)11(6-2-3-7-11)8-4-5-9-13-14-12;11-13-12-8-4-3-7-10(9(14)15)5-1-2-6-10/h2-9H2,1H3;1-8H2,(H,14,15). The number of aliphatic carboxylic acids is 1. The van der Waals surface area contributed by atoms with E-state index in [4.69, 9.17) is 15.8 Å². The Kier molecular flexibility index (Phi) is 12.5. The molecular formula is C21H36N6O4. The highest BCUT2D eigenvalue weighted by molar-refractivity contribution is 5.77. The number of esters is 1. The number of unbranched alkanes of at least 4 members (excludes halogenated alkanes) is 2. The van der Waals surface area contributed by atoms with Gasteiger partial charge in [0.1, 0.15) is 0 Å². The third-order valence-electron chi connectivity index (χ3n) is 6.65. The number of methoxy groups -OCH3 is 1. The number of azide groups is 2. The van der Waals surface area contributed by atoms with Gasteiger partial charge < -0.3 is 9.84 Å². The molecule has 0 unspecified atom stereocenters. The van der Waals surface area contributed by atoms with Crippen LogP contribution >= 0.6 is 0 Å². The van der Waals surface area contributed by atoms with Crippen molar-refractivity contribution in [3.8, 4) is 0 Å². The summed E-state index contributed by atoms with van der Waals surface area (Å²) in [5.74, 6) is -0.711. The molecule has 10 heteroatoms. The van der Waals surface area contributed by atoms with Gasteiger partial charge in [-0.05, 0) is 62.4 Å². The fourth-order valence-electron chi connectivity index (χ4n) is 4.83. The summed E-state index contributed by atoms with van der Waals surface area (Å²) >= 11 is 0. The fourth-order valence-corrected chi connectivity index (χ4v) is 4.83. The lowest BCUT2D eigenvalue weighted by molar-refractivity contribution is -0.153. The van der Waals surface area contributed by atoms with Crippen LogP contribution < -0.4 is 0 Å². The van der Waals surface area contributed by atoms with Crippen LogP contribution in [0.2, 0.25) is 0 Å². The monoisotopic (exact) mass is 436 g/mol. The summed E-state index contributed by atoms with van der Waals surface area (Å²) in [5, 5.41) is 16.1. The molecule has 0 aromatic heterocycles. The number of carboxylic acids is 1. The molecule has 0 saturated heterocycles. The molecule has 0 aromatic carbocycles. The minimum atomic E-state index is -0.649. The van der Waals surface area contributed by atoms with Crippen LogP contribution in [0.15, 0.2) is 10.2 Å². The van der Waals surface area contributed by atoms with Gasteiger partial charge >= 0.3 is 11.9 Å². The molecule has 0 atom stereocenters. The number of carbonyl (C=O) groups is 2. The normalized spacial score (nSPS) is 18.1. The predicted molar refractivity (Wildman–Crippen MR) is 117 cm³/mol. The Morgan fingerprint density at radius 3 is 1.65 bits per heavy atom. The molecule has 10 nitrogen and oxygen atoms in total. The van der Waals surface area contributed by atoms with Gasteiger partial charge in [-0.1, -0.05) is 48.8 Å². The van der Waals surface area contributed by atoms with Crippen molar-refractivity contribution in [2.45, 2.75) is 89.9 Å². The van der Waals surface area contributed by atoms with Gasteiger partial charge in [0.25, 0.3) is 0 Å². The average Bonchev–Trinajstić information content (AvgIpc) is 3.45. The van der Waals surface area contributed by atoms with E-state index in [1.54, 1.807) is 0 Å². The van der Waals surface area contributed by atoms with Crippen molar-refractivity contribution in [1.29, 1.82) is 0 Å². The number of hydrogen-bond acceptors (Lipinski definition) is 5. The van der Waals surface area contributed by atoms with Crippen LogP contribution in [0.3, 0.4) is 0 Å². The third-order valence-corrected chi connectivity index (χ3v) is 6.65. The Labute approximate surface area is 184 Å². The Morgan fingerprint density at radius 1 is 0.839 bits per heavy atom. The van der Waals surface area contributed by atoms with E-state index in [2.05, 4.69) is 20.1 Å². The summed E-state index contributed by atoms with van der Waals surface area (Å²) in [7, 11) is 1.46. The first-order chi connectivity index (χ1) is 15.0. The van der Waals surface area contributed by atoms with E-state index in [-0.39, 0.29) is 11.4 Å². The molecular weight excluding hydrogens is 400 g/mol. The topological polar surface area (TPSA) is 161 Å². The van der Waals surface area contributed by atoms with Crippen LogP contribution in [-0.4, -0.2) is 37.2 Å². The van der Waals surface area contributed by atoms with Crippen LogP contribution in [0.4, 0.5) is 0 Å². The lowest BCUT2D eigenvalue weighted by Crippen LogP contribution is -2.29. The average molecular weight is 437 g/mol. The van der Waals surface area contributed by atoms with E-state index in [1.807, 2.05) is 0 Å². The molecule has 31 heavy (non-hydrogen) atoms. The molecule has 2 fully saturated rings. The van der Waals surface area contributed by atoms with E-state index in [0.29, 0.717) is 13.1 Å². The molecule has 0 heterocycles. The van der Waals surface area contributed by atoms with Gasteiger partial charge in [0.15, 0.2) is 0 Å². The van der Waals surface area contributed by atoms with Crippen molar-refractivity contribution in [2.24, 2.45) is 21.1 Å². The zero-order valence-corrected chi connectivity index (χ0v) is 18.7. The molecule has 174 valence electrons. The lowest BCUT2D eigenvalue weighted by atomic mass is 9.81. The summed E-state index contributed by atoms with van der Waals surface area (Å²) in [6.45, 7) is 1.000. The number of hydrogen-bond donors (Lipinski definition) is 1. The fraction of sp³-hybridized carbons (Fsp3) is 0.905. The summed E-state index contributed by atoms with van der Waals surface area (Å²) in [5.41, 5.74) is 15.5. The van der Waals surface area contributed by atoms with Gasteiger partial charge in [0, 0.05) is 22.9 Å². The first-order valence-corrected chi connectivity index (χ1v) is 11.3. The maximum atomic E-state index is 11.8. The zero-order valence-electron chi connectivity index (χ0n) is 18.7. The predicted octanol–water partition coefficient (Wildman–Crippen LogP) is 6.31. The van der Waals surface area contributed by atoms with Gasteiger partial charge in [0.2, 0.25) is 0 Å². The molecule has 0 spiro atoms. The summed E-state index contributed by atoms with van der Waals surface area (Å²) < 4.78 is 4.89. The highest BCUT2D eigenvalue weighted by Gasteiger charge is 2.41. The number of rotatable bonds is 12. The molecule has 0 aliphatic heterocycles. The van der Waals surface area contributed by atoms with Gasteiger partial charge in [-0.3, -0.25) is 9.59 Å². The van der Waals surface area contributed by atoms with E-state index >= 15 is 0 Å². The summed E-state index contributed by atoms with van der Waals surface area (Å²) in [6, 6.07) is 0. The molecule has 2 rings (SSSR count). The second-order valence-electron chi connectivity index (χ2n) is 8.59. The van der Waals surface area contributed by atoms with Crippen LogP contribution in [0.1, 0.15) is 89.9 Å². The Balaban J connectivity index is 0.000000311. The van der Waals surface area contributed by atoms with Gasteiger partial charge in [-0.15, -0.1) is 0 Å². The number of ether oxygens (including phenoxy) is 1. The Hall–Kier alpha value is -2.44. The Morgan fingerprint density at radius 2 is 1.26 bits per heavy atom. The van der Waals surface area contributed by atoms with Gasteiger partial charge in [-0.25, -0.2) is 0 Å². The molecule has 1 N–H and O–H groups in total. The van der Waals surface area contributed by atoms with Crippen LogP contribution in [0.25, 0.3) is 20.9 Å². The third kappa shape index (κ3) is 8.67. The molecule has 0 bridgehead atoms. The van der Waals surface area contributed by atoms with Crippen molar-refractivity contribution >= 4 is 11.9 Å².